The van der Waals surface area contributed by atoms with Crippen molar-refractivity contribution in [3.63, 3.8) is 0 Å². The molecular weight excluding hydrogens is 214 g/mol. The van der Waals surface area contributed by atoms with Gasteiger partial charge in [-0.25, -0.2) is 10.4 Å². The van der Waals surface area contributed by atoms with Gasteiger partial charge in [-0.2, -0.15) is 16.2 Å². The van der Waals surface area contributed by atoms with E-state index in [1.165, 1.54) is 51.4 Å². The molecule has 1 saturated heterocycles. The smallest absolute Gasteiger partial charge is 0.0188 e. The van der Waals surface area contributed by atoms with Crippen molar-refractivity contribution in [2.75, 3.05) is 27.2 Å². The highest BCUT2D eigenvalue weighted by molar-refractivity contribution is 4.50. The van der Waals surface area contributed by atoms with E-state index in [0.717, 1.165) is 13.1 Å². The van der Waals surface area contributed by atoms with E-state index >= 15 is 0 Å². The van der Waals surface area contributed by atoms with E-state index in [4.69, 9.17) is 0 Å². The normalized spacial score (nSPS) is 25.1. The zero-order valence-corrected chi connectivity index (χ0v) is 11.5. The summed E-state index contributed by atoms with van der Waals surface area (Å²) >= 11 is 0. The molecule has 102 valence electrons. The molecule has 1 aliphatic rings. The van der Waals surface area contributed by atoms with Crippen molar-refractivity contribution in [3.05, 3.63) is 0 Å². The minimum absolute atomic E-state index is 1.04. The Kier molecular flexibility index (Phi) is 8.56. The van der Waals surface area contributed by atoms with Gasteiger partial charge in [0.2, 0.25) is 0 Å². The van der Waals surface area contributed by atoms with Gasteiger partial charge in [-0.05, 0) is 12.8 Å². The lowest BCUT2D eigenvalue weighted by Gasteiger charge is -2.24. The quantitative estimate of drug-likeness (QED) is 0.600. The van der Waals surface area contributed by atoms with Crippen LogP contribution in [0.2, 0.25) is 0 Å². The van der Waals surface area contributed by atoms with Crippen molar-refractivity contribution >= 4 is 0 Å². The molecule has 0 saturated carbocycles. The molecule has 5 heteroatoms. The van der Waals surface area contributed by atoms with Gasteiger partial charge in [0, 0.05) is 27.2 Å². The van der Waals surface area contributed by atoms with E-state index in [-0.39, 0.29) is 0 Å². The molecule has 5 nitrogen and oxygen atoms in total. The van der Waals surface area contributed by atoms with Crippen molar-refractivity contribution in [1.29, 1.82) is 0 Å². The Bertz CT molecular complexity index is 158. The maximum absolute atomic E-state index is 3.31. The van der Waals surface area contributed by atoms with E-state index in [0.29, 0.717) is 0 Å². The third kappa shape index (κ3) is 8.51. The highest BCUT2D eigenvalue weighted by Crippen LogP contribution is 2.08. The first kappa shape index (κ1) is 14.9. The molecule has 1 aliphatic heterocycles. The number of nitrogens with zero attached hydrogens (tertiary/aromatic N) is 2. The van der Waals surface area contributed by atoms with Crippen LogP contribution >= 0.6 is 0 Å². The zero-order valence-electron chi connectivity index (χ0n) is 11.5. The second-order valence-electron chi connectivity index (χ2n) is 4.94. The highest BCUT2D eigenvalue weighted by atomic mass is 15.9. The maximum atomic E-state index is 3.31. The van der Waals surface area contributed by atoms with Crippen molar-refractivity contribution in [2.24, 2.45) is 0 Å². The number of hydrogen-bond acceptors (Lipinski definition) is 5. The molecule has 0 aromatic carbocycles. The summed E-state index contributed by atoms with van der Waals surface area (Å²) in [5.74, 6) is 0. The third-order valence-electron chi connectivity index (χ3n) is 3.18. The van der Waals surface area contributed by atoms with Gasteiger partial charge in [-0.3, -0.25) is 0 Å². The molecule has 1 rings (SSSR count). The van der Waals surface area contributed by atoms with E-state index in [1.807, 2.05) is 12.2 Å². The predicted molar refractivity (Wildman–Crippen MR) is 71.6 cm³/mol. The average molecular weight is 243 g/mol. The molecule has 0 aromatic heterocycles. The van der Waals surface area contributed by atoms with Crippen molar-refractivity contribution in [3.8, 4) is 0 Å². The Hall–Kier alpha value is -0.200. The lowest BCUT2D eigenvalue weighted by Crippen LogP contribution is -2.56. The van der Waals surface area contributed by atoms with Gasteiger partial charge in [0.05, 0.1) is 0 Å². The average Bonchev–Trinajstić information content (AvgIpc) is 2.33. The summed E-state index contributed by atoms with van der Waals surface area (Å²) in [5, 5.41) is 3.98. The van der Waals surface area contributed by atoms with Gasteiger partial charge in [-0.15, -0.1) is 0 Å². The van der Waals surface area contributed by atoms with Gasteiger partial charge in [-0.1, -0.05) is 38.5 Å². The molecular formula is C12H29N5. The minimum Gasteiger partial charge on any atom is -0.241 e. The van der Waals surface area contributed by atoms with Crippen molar-refractivity contribution in [2.45, 2.75) is 51.4 Å². The monoisotopic (exact) mass is 243 g/mol. The second kappa shape index (κ2) is 9.79. The molecule has 0 radical (unpaired) electrons. The zero-order chi connectivity index (χ0) is 12.3. The topological polar surface area (TPSA) is 42.6 Å². The van der Waals surface area contributed by atoms with Crippen LogP contribution in [-0.2, 0) is 0 Å². The Balaban J connectivity index is 2.20. The first-order valence-corrected chi connectivity index (χ1v) is 6.99. The second-order valence-corrected chi connectivity index (χ2v) is 4.94. The summed E-state index contributed by atoms with van der Waals surface area (Å²) in [6.07, 6.45) is 10.8. The molecule has 0 bridgehead atoms. The highest BCUT2D eigenvalue weighted by Gasteiger charge is 2.01. The molecule has 0 atom stereocenters. The molecule has 0 unspecified atom stereocenters. The van der Waals surface area contributed by atoms with Crippen molar-refractivity contribution in [1.82, 2.24) is 26.6 Å². The number of hydrazine groups is 4. The summed E-state index contributed by atoms with van der Waals surface area (Å²) < 4.78 is 0. The van der Waals surface area contributed by atoms with Crippen LogP contribution in [0.1, 0.15) is 51.4 Å². The molecule has 0 aromatic rings. The third-order valence-corrected chi connectivity index (χ3v) is 3.18. The Morgan fingerprint density at radius 3 is 2.00 bits per heavy atom. The summed E-state index contributed by atoms with van der Waals surface area (Å²) in [6.45, 7) is 2.12. The largest absolute Gasteiger partial charge is 0.241 e. The predicted octanol–water partition coefficient (Wildman–Crippen LogP) is 1.41. The van der Waals surface area contributed by atoms with Gasteiger partial charge >= 0.3 is 0 Å². The molecule has 1 fully saturated rings. The van der Waals surface area contributed by atoms with Crippen LogP contribution in [0.15, 0.2) is 0 Å². The fraction of sp³-hybridized carbons (Fsp3) is 1.00. The Morgan fingerprint density at radius 1 is 0.706 bits per heavy atom. The molecule has 1 heterocycles. The molecule has 17 heavy (non-hydrogen) atoms. The Morgan fingerprint density at radius 2 is 1.29 bits per heavy atom. The first-order valence-electron chi connectivity index (χ1n) is 6.99. The van der Waals surface area contributed by atoms with Gasteiger partial charge in [0.15, 0.2) is 0 Å². The van der Waals surface area contributed by atoms with Gasteiger partial charge < -0.3 is 0 Å². The lowest BCUT2D eigenvalue weighted by atomic mass is 10.1. The van der Waals surface area contributed by atoms with Crippen LogP contribution in [0.5, 0.6) is 0 Å². The Labute approximate surface area is 106 Å². The standard InChI is InChI=1S/C12H29N5/c1-16-12-10-8-6-4-3-5-7-9-11-13-17(2)15-14-16/h13-15H,3-12H2,1-2H3. The van der Waals surface area contributed by atoms with Crippen LogP contribution in [0.3, 0.4) is 0 Å². The van der Waals surface area contributed by atoms with Gasteiger partial charge in [0.1, 0.15) is 0 Å². The van der Waals surface area contributed by atoms with Crippen LogP contribution in [0.25, 0.3) is 0 Å². The summed E-state index contributed by atoms with van der Waals surface area (Å²) in [6, 6.07) is 0. The summed E-state index contributed by atoms with van der Waals surface area (Å²) in [5.41, 5.74) is 9.55. The minimum atomic E-state index is 1.04. The van der Waals surface area contributed by atoms with Crippen LogP contribution in [-0.4, -0.2) is 37.3 Å². The van der Waals surface area contributed by atoms with E-state index < -0.39 is 0 Å². The van der Waals surface area contributed by atoms with Gasteiger partial charge in [0.25, 0.3) is 0 Å². The van der Waals surface area contributed by atoms with Crippen molar-refractivity contribution < 1.29 is 0 Å². The van der Waals surface area contributed by atoms with E-state index in [2.05, 4.69) is 28.6 Å². The summed E-state index contributed by atoms with van der Waals surface area (Å²) in [4.78, 5) is 0. The molecule has 0 spiro atoms. The maximum Gasteiger partial charge on any atom is 0.0188 e. The van der Waals surface area contributed by atoms with Crippen LogP contribution in [0, 0.1) is 0 Å². The first-order chi connectivity index (χ1) is 8.29. The lowest BCUT2D eigenvalue weighted by molar-refractivity contribution is 0.0473. The van der Waals surface area contributed by atoms with Crippen LogP contribution < -0.4 is 16.5 Å². The summed E-state index contributed by atoms with van der Waals surface area (Å²) in [7, 11) is 4.05. The fourth-order valence-corrected chi connectivity index (χ4v) is 2.04. The molecule has 0 amide bonds. The number of nitrogens with one attached hydrogen (secondary N) is 3. The van der Waals surface area contributed by atoms with E-state index in [1.54, 1.807) is 0 Å². The molecule has 0 aliphatic carbocycles. The fourth-order valence-electron chi connectivity index (χ4n) is 2.04. The SMILES string of the molecule is CN1CCCCCCCCCCNN(C)NN1. The molecule has 3 N–H and O–H groups in total. The number of hydrogen-bond donors (Lipinski definition) is 3. The van der Waals surface area contributed by atoms with E-state index in [9.17, 15) is 0 Å². The van der Waals surface area contributed by atoms with Crippen LogP contribution in [0.4, 0.5) is 0 Å². The number of rotatable bonds is 0.